The average molecular weight is 378 g/mol. The van der Waals surface area contributed by atoms with E-state index in [0.717, 1.165) is 19.0 Å². The summed E-state index contributed by atoms with van der Waals surface area (Å²) in [6.07, 6.45) is 7.90. The molecule has 2 heterocycles. The van der Waals surface area contributed by atoms with Crippen LogP contribution in [0.25, 0.3) is 0 Å². The van der Waals surface area contributed by atoms with Gasteiger partial charge < -0.3 is 10.2 Å². The Hall–Kier alpha value is -1.10. The third kappa shape index (κ3) is 5.45. The van der Waals surface area contributed by atoms with Gasteiger partial charge in [-0.05, 0) is 76.8 Å². The van der Waals surface area contributed by atoms with Gasteiger partial charge in [-0.25, -0.2) is 0 Å². The van der Waals surface area contributed by atoms with Gasteiger partial charge in [0.15, 0.2) is 0 Å². The third-order valence-electron chi connectivity index (χ3n) is 5.92. The van der Waals surface area contributed by atoms with Crippen molar-refractivity contribution >= 4 is 23.2 Å². The van der Waals surface area contributed by atoms with Crippen molar-refractivity contribution in [1.82, 2.24) is 9.80 Å². The Kier molecular flexibility index (Phi) is 7.35. The highest BCUT2D eigenvalue weighted by Gasteiger charge is 2.27. The van der Waals surface area contributed by atoms with Crippen LogP contribution >= 0.6 is 11.6 Å². The molecule has 2 aliphatic heterocycles. The minimum absolute atomic E-state index is 0.0315. The van der Waals surface area contributed by atoms with E-state index < -0.39 is 0 Å². The van der Waals surface area contributed by atoms with E-state index in [4.69, 9.17) is 11.6 Å². The number of anilines is 1. The molecule has 0 radical (unpaired) electrons. The minimum atomic E-state index is -0.120. The number of hydrogen-bond donors (Lipinski definition) is 1. The first-order valence-corrected chi connectivity index (χ1v) is 10.5. The molecule has 0 spiro atoms. The number of para-hydroxylation sites is 1. The van der Waals surface area contributed by atoms with Crippen molar-refractivity contribution in [3.05, 3.63) is 29.3 Å². The number of likely N-dealkylation sites (tertiary alicyclic amines) is 2. The molecule has 0 aliphatic carbocycles. The van der Waals surface area contributed by atoms with Gasteiger partial charge in [-0.3, -0.25) is 9.69 Å². The van der Waals surface area contributed by atoms with E-state index in [-0.39, 0.29) is 11.9 Å². The lowest BCUT2D eigenvalue weighted by Gasteiger charge is -2.37. The Morgan fingerprint density at radius 3 is 2.42 bits per heavy atom. The molecule has 26 heavy (non-hydrogen) atoms. The number of halogens is 1. The molecule has 3 rings (SSSR count). The molecule has 0 saturated carbocycles. The minimum Gasteiger partial charge on any atom is -0.323 e. The molecular formula is C21H32ClN3O. The average Bonchev–Trinajstić information content (AvgIpc) is 2.92. The largest absolute Gasteiger partial charge is 0.323 e. The highest BCUT2D eigenvalue weighted by Crippen LogP contribution is 2.24. The number of benzene rings is 1. The highest BCUT2D eigenvalue weighted by atomic mass is 35.5. The predicted octanol–water partition coefficient (Wildman–Crippen LogP) is 4.26. The number of hydrogen-bond acceptors (Lipinski definition) is 3. The number of piperidine rings is 1. The molecular weight excluding hydrogens is 346 g/mol. The van der Waals surface area contributed by atoms with E-state index >= 15 is 0 Å². The molecule has 1 unspecified atom stereocenters. The standard InChI is InChI=1S/C21H32ClN3O/c1-17(21(26)23-20-9-5-4-8-19(20)22)25-14-10-18(11-15-25)16-24-12-6-2-3-7-13-24/h4-5,8-9,17-18H,2-3,6-7,10-16H2,1H3,(H,23,26). The van der Waals surface area contributed by atoms with Crippen LogP contribution in [0.5, 0.6) is 0 Å². The normalized spacial score (nSPS) is 21.9. The molecule has 2 fully saturated rings. The summed E-state index contributed by atoms with van der Waals surface area (Å²) in [7, 11) is 0. The van der Waals surface area contributed by atoms with Crippen LogP contribution < -0.4 is 5.32 Å². The summed E-state index contributed by atoms with van der Waals surface area (Å²) in [6.45, 7) is 7.81. The van der Waals surface area contributed by atoms with Crippen LogP contribution in [0.3, 0.4) is 0 Å². The summed E-state index contributed by atoms with van der Waals surface area (Å²) >= 11 is 6.15. The van der Waals surface area contributed by atoms with Crippen molar-refractivity contribution in [1.29, 1.82) is 0 Å². The summed E-state index contributed by atoms with van der Waals surface area (Å²) < 4.78 is 0. The smallest absolute Gasteiger partial charge is 0.241 e. The van der Waals surface area contributed by atoms with Gasteiger partial charge in [0.1, 0.15) is 0 Å². The zero-order valence-corrected chi connectivity index (χ0v) is 16.7. The van der Waals surface area contributed by atoms with E-state index in [1.54, 1.807) is 6.07 Å². The molecule has 2 saturated heterocycles. The highest BCUT2D eigenvalue weighted by molar-refractivity contribution is 6.33. The maximum atomic E-state index is 12.6. The van der Waals surface area contributed by atoms with Crippen LogP contribution in [0.15, 0.2) is 24.3 Å². The number of nitrogens with one attached hydrogen (secondary N) is 1. The Bertz CT molecular complexity index is 578. The Morgan fingerprint density at radius 1 is 1.12 bits per heavy atom. The van der Waals surface area contributed by atoms with E-state index in [2.05, 4.69) is 15.1 Å². The van der Waals surface area contributed by atoms with Crippen molar-refractivity contribution in [2.75, 3.05) is 38.0 Å². The van der Waals surface area contributed by atoms with Gasteiger partial charge in [0.05, 0.1) is 16.8 Å². The summed E-state index contributed by atoms with van der Waals surface area (Å²) in [4.78, 5) is 17.6. The van der Waals surface area contributed by atoms with Crippen LogP contribution in [0, 0.1) is 5.92 Å². The van der Waals surface area contributed by atoms with Gasteiger partial charge in [0, 0.05) is 6.54 Å². The fourth-order valence-corrected chi connectivity index (χ4v) is 4.36. The third-order valence-corrected chi connectivity index (χ3v) is 6.25. The molecule has 144 valence electrons. The topological polar surface area (TPSA) is 35.6 Å². The molecule has 2 aliphatic rings. The maximum absolute atomic E-state index is 12.6. The number of carbonyl (C=O) groups is 1. The lowest BCUT2D eigenvalue weighted by molar-refractivity contribution is -0.121. The van der Waals surface area contributed by atoms with Gasteiger partial charge >= 0.3 is 0 Å². The fourth-order valence-electron chi connectivity index (χ4n) is 4.17. The van der Waals surface area contributed by atoms with Crippen LogP contribution in [0.1, 0.15) is 45.4 Å². The van der Waals surface area contributed by atoms with Gasteiger partial charge in [0.25, 0.3) is 0 Å². The van der Waals surface area contributed by atoms with Crippen molar-refractivity contribution in [2.24, 2.45) is 5.92 Å². The first-order chi connectivity index (χ1) is 12.6. The fraction of sp³-hybridized carbons (Fsp3) is 0.667. The second-order valence-electron chi connectivity index (χ2n) is 7.84. The zero-order valence-electron chi connectivity index (χ0n) is 15.9. The number of nitrogens with zero attached hydrogens (tertiary/aromatic N) is 2. The molecule has 4 nitrogen and oxygen atoms in total. The Balaban J connectivity index is 1.44. The summed E-state index contributed by atoms with van der Waals surface area (Å²) in [5.74, 6) is 0.812. The number of amides is 1. The van der Waals surface area contributed by atoms with Gasteiger partial charge in [0.2, 0.25) is 5.91 Å². The molecule has 0 bridgehead atoms. The van der Waals surface area contributed by atoms with Gasteiger partial charge in [-0.1, -0.05) is 36.6 Å². The maximum Gasteiger partial charge on any atom is 0.241 e. The van der Waals surface area contributed by atoms with E-state index in [1.165, 1.54) is 58.2 Å². The molecule has 1 atom stereocenters. The van der Waals surface area contributed by atoms with Gasteiger partial charge in [-0.2, -0.15) is 0 Å². The molecule has 1 aromatic carbocycles. The molecule has 1 N–H and O–H groups in total. The SMILES string of the molecule is CC(C(=O)Nc1ccccc1Cl)N1CCC(CN2CCCCCC2)CC1. The molecule has 1 amide bonds. The lowest BCUT2D eigenvalue weighted by atomic mass is 9.95. The molecule has 1 aromatic rings. The van der Waals surface area contributed by atoms with E-state index in [0.29, 0.717) is 10.7 Å². The summed E-state index contributed by atoms with van der Waals surface area (Å²) in [6, 6.07) is 7.29. The van der Waals surface area contributed by atoms with Crippen molar-refractivity contribution in [3.8, 4) is 0 Å². The molecule has 0 aromatic heterocycles. The van der Waals surface area contributed by atoms with Crippen molar-refractivity contribution in [3.63, 3.8) is 0 Å². The Labute approximate surface area is 162 Å². The van der Waals surface area contributed by atoms with Gasteiger partial charge in [-0.15, -0.1) is 0 Å². The number of carbonyl (C=O) groups excluding carboxylic acids is 1. The number of rotatable bonds is 5. The van der Waals surface area contributed by atoms with Crippen LogP contribution in [0.2, 0.25) is 5.02 Å². The Morgan fingerprint density at radius 2 is 1.77 bits per heavy atom. The summed E-state index contributed by atoms with van der Waals surface area (Å²) in [5, 5.41) is 3.56. The second-order valence-corrected chi connectivity index (χ2v) is 8.25. The summed E-state index contributed by atoms with van der Waals surface area (Å²) in [5.41, 5.74) is 0.696. The van der Waals surface area contributed by atoms with E-state index in [9.17, 15) is 4.79 Å². The first-order valence-electron chi connectivity index (χ1n) is 10.2. The zero-order chi connectivity index (χ0) is 18.4. The molecule has 5 heteroatoms. The van der Waals surface area contributed by atoms with Crippen molar-refractivity contribution < 1.29 is 4.79 Å². The monoisotopic (exact) mass is 377 g/mol. The quantitative estimate of drug-likeness (QED) is 0.832. The second kappa shape index (κ2) is 9.72. The van der Waals surface area contributed by atoms with Crippen LogP contribution in [0.4, 0.5) is 5.69 Å². The predicted molar refractivity (Wildman–Crippen MR) is 109 cm³/mol. The van der Waals surface area contributed by atoms with E-state index in [1.807, 2.05) is 25.1 Å². The van der Waals surface area contributed by atoms with Crippen molar-refractivity contribution in [2.45, 2.75) is 51.5 Å². The van der Waals surface area contributed by atoms with Crippen LogP contribution in [-0.2, 0) is 4.79 Å². The van der Waals surface area contributed by atoms with Crippen LogP contribution in [-0.4, -0.2) is 54.5 Å². The first kappa shape index (κ1) is 19.7. The lowest BCUT2D eigenvalue weighted by Crippen LogP contribution is -2.47.